The number of hydrogen-bond donors (Lipinski definition) is 2. The van der Waals surface area contributed by atoms with Gasteiger partial charge in [0.15, 0.2) is 0 Å². The predicted octanol–water partition coefficient (Wildman–Crippen LogP) is -0.360. The number of nitrogens with zero attached hydrogens (tertiary/aromatic N) is 1. The van der Waals surface area contributed by atoms with E-state index in [0.717, 1.165) is 38.2 Å². The van der Waals surface area contributed by atoms with Crippen LogP contribution in [0.4, 0.5) is 4.39 Å². The second kappa shape index (κ2) is 7.64. The summed E-state index contributed by atoms with van der Waals surface area (Å²) < 4.78 is 13.6. The van der Waals surface area contributed by atoms with Crippen LogP contribution in [0.5, 0.6) is 0 Å². The summed E-state index contributed by atoms with van der Waals surface area (Å²) >= 11 is 1.67. The monoisotopic (exact) mass is 339 g/mol. The van der Waals surface area contributed by atoms with Gasteiger partial charge < -0.3 is 15.1 Å². The molecule has 2 fully saturated rings. The summed E-state index contributed by atoms with van der Waals surface area (Å²) in [7, 11) is 0. The fourth-order valence-electron chi connectivity index (χ4n) is 3.42. The van der Waals surface area contributed by atoms with Crippen molar-refractivity contribution in [2.75, 3.05) is 39.3 Å². The lowest BCUT2D eigenvalue weighted by Crippen LogP contribution is -3.20. The number of nitrogens with two attached hydrogens (primary N) is 1. The number of halogens is 1. The highest BCUT2D eigenvalue weighted by atomic mass is 32.2. The molecular weight excluding hydrogens is 313 g/mol. The molecule has 23 heavy (non-hydrogen) atoms. The molecule has 0 radical (unpaired) electrons. The van der Waals surface area contributed by atoms with Gasteiger partial charge in [-0.2, -0.15) is 0 Å². The number of carbonyl (C=O) groups is 1. The van der Waals surface area contributed by atoms with E-state index in [1.165, 1.54) is 19.2 Å². The fourth-order valence-corrected chi connectivity index (χ4v) is 4.83. The van der Waals surface area contributed by atoms with Crippen molar-refractivity contribution >= 4 is 17.7 Å². The van der Waals surface area contributed by atoms with E-state index in [1.807, 2.05) is 17.9 Å². The molecule has 0 bridgehead atoms. The van der Waals surface area contributed by atoms with Crippen molar-refractivity contribution < 1.29 is 19.4 Å². The summed E-state index contributed by atoms with van der Waals surface area (Å²) in [5.74, 6) is -0.0117. The van der Waals surface area contributed by atoms with Crippen LogP contribution < -0.4 is 10.2 Å². The van der Waals surface area contributed by atoms with Crippen LogP contribution in [0.1, 0.15) is 24.3 Å². The third-order valence-electron chi connectivity index (χ3n) is 4.75. The van der Waals surface area contributed by atoms with Crippen LogP contribution in [-0.4, -0.2) is 55.3 Å². The Hall–Kier alpha value is -1.11. The summed E-state index contributed by atoms with van der Waals surface area (Å²) in [6, 6.07) is 6.69. The Kier molecular flexibility index (Phi) is 5.56. The summed E-state index contributed by atoms with van der Waals surface area (Å²) in [6.45, 7) is 8.47. The summed E-state index contributed by atoms with van der Waals surface area (Å²) in [5.41, 5.74) is 0.904. The molecule has 2 heterocycles. The topological polar surface area (TPSA) is 41.4 Å². The number of benzene rings is 1. The smallest absolute Gasteiger partial charge is 0.237 e. The number of hydrogen-bond acceptors (Lipinski definition) is 2. The minimum Gasteiger partial charge on any atom is -0.337 e. The molecule has 0 saturated carbocycles. The number of piperazine rings is 1. The lowest BCUT2D eigenvalue weighted by Gasteiger charge is -2.28. The van der Waals surface area contributed by atoms with Gasteiger partial charge in [-0.15, -0.1) is 11.8 Å². The summed E-state index contributed by atoms with van der Waals surface area (Å²) in [6.07, 6.45) is 0.831. The van der Waals surface area contributed by atoms with Crippen LogP contribution >= 0.6 is 11.8 Å². The van der Waals surface area contributed by atoms with Crippen molar-refractivity contribution in [3.05, 3.63) is 35.6 Å². The first-order valence-corrected chi connectivity index (χ1v) is 9.50. The molecule has 4 nitrogen and oxygen atoms in total. The Labute approximate surface area is 141 Å². The van der Waals surface area contributed by atoms with Gasteiger partial charge in [-0.25, -0.2) is 4.39 Å². The lowest BCUT2D eigenvalue weighted by atomic mass is 10.2. The molecule has 1 aromatic rings. The maximum atomic E-state index is 13.6. The van der Waals surface area contributed by atoms with Gasteiger partial charge in [-0.05, 0) is 24.1 Å². The largest absolute Gasteiger partial charge is 0.337 e. The molecule has 0 aliphatic carbocycles. The minimum atomic E-state index is -0.229. The zero-order chi connectivity index (χ0) is 16.2. The molecule has 2 aliphatic rings. The van der Waals surface area contributed by atoms with E-state index >= 15 is 0 Å². The Morgan fingerprint density at radius 2 is 2.17 bits per heavy atom. The van der Waals surface area contributed by atoms with Crippen LogP contribution in [0.25, 0.3) is 0 Å². The molecule has 1 aromatic carbocycles. The molecule has 2 saturated heterocycles. The van der Waals surface area contributed by atoms with E-state index in [4.69, 9.17) is 0 Å². The molecule has 0 aromatic heterocycles. The normalized spacial score (nSPS) is 26.0. The van der Waals surface area contributed by atoms with Gasteiger partial charge in [0.1, 0.15) is 37.4 Å². The molecule has 3 N–H and O–H groups in total. The van der Waals surface area contributed by atoms with Crippen LogP contribution in [0.3, 0.4) is 0 Å². The van der Waals surface area contributed by atoms with Gasteiger partial charge in [0.25, 0.3) is 0 Å². The van der Waals surface area contributed by atoms with Crippen molar-refractivity contribution in [3.63, 3.8) is 0 Å². The molecular formula is C17H26FN3OS+2. The average molecular weight is 339 g/mol. The molecule has 2 aliphatic heterocycles. The summed E-state index contributed by atoms with van der Waals surface area (Å²) in [4.78, 5) is 16.2. The number of carbonyl (C=O) groups excluding carboxylic acids is 1. The van der Waals surface area contributed by atoms with Crippen molar-refractivity contribution in [2.24, 2.45) is 0 Å². The number of rotatable bonds is 5. The Bertz CT molecular complexity index is 550. The van der Waals surface area contributed by atoms with Crippen LogP contribution in [0.2, 0.25) is 0 Å². The second-order valence-electron chi connectivity index (χ2n) is 6.34. The Balaban J connectivity index is 1.71. The molecule has 2 atom stereocenters. The van der Waals surface area contributed by atoms with Gasteiger partial charge in [0.05, 0.1) is 18.3 Å². The van der Waals surface area contributed by atoms with Gasteiger partial charge in [0.2, 0.25) is 5.91 Å². The Morgan fingerprint density at radius 3 is 2.87 bits per heavy atom. The Morgan fingerprint density at radius 1 is 1.39 bits per heavy atom. The second-order valence-corrected chi connectivity index (χ2v) is 7.63. The van der Waals surface area contributed by atoms with E-state index in [0.29, 0.717) is 0 Å². The highest BCUT2D eigenvalue weighted by molar-refractivity contribution is 8.01. The highest BCUT2D eigenvalue weighted by Gasteiger charge is 2.40. The standard InChI is InChI=1S/C17H24FN3OS/c1-2-15-16(22)21(11-10-20-8-6-19-7-9-20)17(23-15)13-4-3-5-14(18)12-13/h3-5,12,15,17,19H,2,6-11H2,1H3/p+2/t15-,17+/m0/s1. The zero-order valence-electron chi connectivity index (χ0n) is 13.6. The fraction of sp³-hybridized carbons (Fsp3) is 0.588. The minimum absolute atomic E-state index is 0.00737. The number of nitrogens with one attached hydrogen (secondary N) is 1. The molecule has 1 amide bonds. The number of amides is 1. The first kappa shape index (κ1) is 16.7. The van der Waals surface area contributed by atoms with E-state index in [1.54, 1.807) is 28.8 Å². The van der Waals surface area contributed by atoms with Crippen molar-refractivity contribution in [2.45, 2.75) is 24.0 Å². The first-order valence-electron chi connectivity index (χ1n) is 8.55. The van der Waals surface area contributed by atoms with Crippen molar-refractivity contribution in [1.82, 2.24) is 4.90 Å². The van der Waals surface area contributed by atoms with Crippen LogP contribution in [-0.2, 0) is 4.79 Å². The number of quaternary nitrogens is 2. The van der Waals surface area contributed by atoms with Gasteiger partial charge in [-0.3, -0.25) is 4.79 Å². The molecule has 0 unspecified atom stereocenters. The quantitative estimate of drug-likeness (QED) is 0.769. The van der Waals surface area contributed by atoms with Gasteiger partial charge in [-0.1, -0.05) is 19.1 Å². The van der Waals surface area contributed by atoms with Gasteiger partial charge in [0, 0.05) is 0 Å². The zero-order valence-corrected chi connectivity index (χ0v) is 14.4. The van der Waals surface area contributed by atoms with Crippen molar-refractivity contribution in [3.8, 4) is 0 Å². The number of thioether (sulfide) groups is 1. The molecule has 0 spiro atoms. The average Bonchev–Trinajstić information content (AvgIpc) is 2.90. The lowest BCUT2D eigenvalue weighted by molar-refractivity contribution is -0.946. The summed E-state index contributed by atoms with van der Waals surface area (Å²) in [5, 5.41) is 2.31. The van der Waals surface area contributed by atoms with Gasteiger partial charge >= 0.3 is 0 Å². The van der Waals surface area contributed by atoms with E-state index in [9.17, 15) is 9.18 Å². The first-order chi connectivity index (χ1) is 11.2. The molecule has 6 heteroatoms. The van der Waals surface area contributed by atoms with E-state index in [2.05, 4.69) is 5.32 Å². The van der Waals surface area contributed by atoms with Crippen LogP contribution in [0.15, 0.2) is 24.3 Å². The maximum absolute atomic E-state index is 13.6. The third-order valence-corrected chi connectivity index (χ3v) is 6.40. The third kappa shape index (κ3) is 3.87. The SMILES string of the molecule is CC[C@@H]1S[C@H](c2cccc(F)c2)N(CC[NH+]2CC[NH2+]CC2)C1=O. The predicted molar refractivity (Wildman–Crippen MR) is 89.7 cm³/mol. The molecule has 3 rings (SSSR count). The van der Waals surface area contributed by atoms with Crippen LogP contribution in [0, 0.1) is 5.82 Å². The van der Waals surface area contributed by atoms with Crippen molar-refractivity contribution in [1.29, 1.82) is 0 Å². The van der Waals surface area contributed by atoms with E-state index in [-0.39, 0.29) is 22.3 Å². The molecule has 126 valence electrons. The maximum Gasteiger partial charge on any atom is 0.237 e. The van der Waals surface area contributed by atoms with E-state index < -0.39 is 0 Å². The highest BCUT2D eigenvalue weighted by Crippen LogP contribution is 2.43.